The molecule has 2 aliphatic heterocycles. The molecule has 2 fully saturated rings. The highest BCUT2D eigenvalue weighted by molar-refractivity contribution is 9.10. The predicted molar refractivity (Wildman–Crippen MR) is 87.6 cm³/mol. The number of hydrogen-bond acceptors (Lipinski definition) is 4. The van der Waals surface area contributed by atoms with E-state index in [1.807, 2.05) is 12.4 Å². The standard InChI is InChI=1S/C16H17BrN4/c17-14-6-18-16(19-7-14)21-10-12-8-20(9-13(12)11-21)15-4-2-1-3-5-15/h1-7,12-13H,8-11H2/t12-,13-/m1/s1. The molecule has 1 aromatic heterocycles. The van der Waals surface area contributed by atoms with Crippen molar-refractivity contribution >= 4 is 27.6 Å². The lowest BCUT2D eigenvalue weighted by molar-refractivity contribution is 0.533. The predicted octanol–water partition coefficient (Wildman–Crippen LogP) is 2.81. The van der Waals surface area contributed by atoms with Crippen molar-refractivity contribution in [2.24, 2.45) is 11.8 Å². The van der Waals surface area contributed by atoms with E-state index in [1.165, 1.54) is 5.69 Å². The van der Waals surface area contributed by atoms with Crippen LogP contribution in [0.15, 0.2) is 47.2 Å². The quantitative estimate of drug-likeness (QED) is 0.838. The van der Waals surface area contributed by atoms with Crippen LogP contribution in [0.1, 0.15) is 0 Å². The van der Waals surface area contributed by atoms with Gasteiger partial charge in [0.2, 0.25) is 5.95 Å². The van der Waals surface area contributed by atoms with Gasteiger partial charge in [-0.15, -0.1) is 0 Å². The fourth-order valence-electron chi connectivity index (χ4n) is 3.47. The molecule has 5 heteroatoms. The molecule has 0 radical (unpaired) electrons. The molecule has 0 saturated carbocycles. The number of anilines is 2. The van der Waals surface area contributed by atoms with E-state index in [9.17, 15) is 0 Å². The summed E-state index contributed by atoms with van der Waals surface area (Å²) < 4.78 is 0.931. The van der Waals surface area contributed by atoms with E-state index in [0.29, 0.717) is 0 Å². The van der Waals surface area contributed by atoms with Gasteiger partial charge >= 0.3 is 0 Å². The Labute approximate surface area is 132 Å². The van der Waals surface area contributed by atoms with Gasteiger partial charge in [-0.1, -0.05) is 18.2 Å². The summed E-state index contributed by atoms with van der Waals surface area (Å²) >= 11 is 3.39. The van der Waals surface area contributed by atoms with Gasteiger partial charge in [0.15, 0.2) is 0 Å². The van der Waals surface area contributed by atoms with Crippen LogP contribution in [0.5, 0.6) is 0 Å². The van der Waals surface area contributed by atoms with E-state index in [-0.39, 0.29) is 0 Å². The van der Waals surface area contributed by atoms with Gasteiger partial charge < -0.3 is 9.80 Å². The summed E-state index contributed by atoms with van der Waals surface area (Å²) in [5.41, 5.74) is 1.35. The SMILES string of the molecule is Brc1cnc(N2C[C@H]3CN(c4ccccc4)C[C@@H]3C2)nc1. The lowest BCUT2D eigenvalue weighted by atomic mass is 10.0. The number of nitrogens with zero attached hydrogens (tertiary/aromatic N) is 4. The average Bonchev–Trinajstić information content (AvgIpc) is 3.07. The molecule has 2 atom stereocenters. The molecule has 3 heterocycles. The lowest BCUT2D eigenvalue weighted by Crippen LogP contribution is -2.29. The van der Waals surface area contributed by atoms with Gasteiger partial charge in [-0.2, -0.15) is 0 Å². The summed E-state index contributed by atoms with van der Waals surface area (Å²) in [6.07, 6.45) is 3.65. The maximum absolute atomic E-state index is 4.42. The summed E-state index contributed by atoms with van der Waals surface area (Å²) in [6, 6.07) is 10.7. The molecule has 1 aromatic carbocycles. The Morgan fingerprint density at radius 3 is 2.05 bits per heavy atom. The summed E-state index contributed by atoms with van der Waals surface area (Å²) in [4.78, 5) is 13.7. The second-order valence-electron chi connectivity index (χ2n) is 5.87. The van der Waals surface area contributed by atoms with Gasteiger partial charge in [0.05, 0.1) is 4.47 Å². The number of fused-ring (bicyclic) bond motifs is 1. The number of hydrogen-bond donors (Lipinski definition) is 0. The first-order chi connectivity index (χ1) is 10.3. The van der Waals surface area contributed by atoms with Crippen LogP contribution in [-0.4, -0.2) is 36.1 Å². The molecule has 0 N–H and O–H groups in total. The van der Waals surface area contributed by atoms with Crippen LogP contribution >= 0.6 is 15.9 Å². The average molecular weight is 345 g/mol. The maximum atomic E-state index is 4.42. The van der Waals surface area contributed by atoms with E-state index < -0.39 is 0 Å². The molecule has 4 nitrogen and oxygen atoms in total. The summed E-state index contributed by atoms with van der Waals surface area (Å²) in [6.45, 7) is 4.41. The van der Waals surface area contributed by atoms with Crippen LogP contribution in [0, 0.1) is 11.8 Å². The monoisotopic (exact) mass is 344 g/mol. The van der Waals surface area contributed by atoms with E-state index in [2.05, 4.69) is 66.0 Å². The van der Waals surface area contributed by atoms with Crippen molar-refractivity contribution in [2.75, 3.05) is 36.0 Å². The topological polar surface area (TPSA) is 32.3 Å². The number of halogens is 1. The molecular formula is C16H17BrN4. The molecule has 2 saturated heterocycles. The molecule has 0 spiro atoms. The van der Waals surface area contributed by atoms with Gasteiger partial charge in [-0.3, -0.25) is 0 Å². The molecule has 108 valence electrons. The summed E-state index contributed by atoms with van der Waals surface area (Å²) in [7, 11) is 0. The van der Waals surface area contributed by atoms with Crippen molar-refractivity contribution in [1.82, 2.24) is 9.97 Å². The third-order valence-corrected chi connectivity index (χ3v) is 4.91. The number of aromatic nitrogens is 2. The Kier molecular flexibility index (Phi) is 3.30. The number of rotatable bonds is 2. The number of para-hydroxylation sites is 1. The Bertz CT molecular complexity index is 602. The van der Waals surface area contributed by atoms with Gasteiger partial charge in [-0.25, -0.2) is 9.97 Å². The highest BCUT2D eigenvalue weighted by atomic mass is 79.9. The third-order valence-electron chi connectivity index (χ3n) is 4.50. The fourth-order valence-corrected chi connectivity index (χ4v) is 3.68. The Hall–Kier alpha value is -1.62. The van der Waals surface area contributed by atoms with Gasteiger partial charge in [0.1, 0.15) is 0 Å². The van der Waals surface area contributed by atoms with E-state index >= 15 is 0 Å². The first kappa shape index (κ1) is 13.1. The molecule has 0 aliphatic carbocycles. The number of benzene rings is 1. The maximum Gasteiger partial charge on any atom is 0.225 e. The van der Waals surface area contributed by atoms with Gasteiger partial charge in [0.25, 0.3) is 0 Å². The molecule has 4 rings (SSSR count). The van der Waals surface area contributed by atoms with Crippen molar-refractivity contribution in [3.8, 4) is 0 Å². The van der Waals surface area contributed by atoms with Crippen molar-refractivity contribution in [2.45, 2.75) is 0 Å². The summed E-state index contributed by atoms with van der Waals surface area (Å²) in [5, 5.41) is 0. The van der Waals surface area contributed by atoms with Crippen LogP contribution in [-0.2, 0) is 0 Å². The second kappa shape index (κ2) is 5.30. The molecule has 2 aliphatic rings. The van der Waals surface area contributed by atoms with Crippen LogP contribution in [0.2, 0.25) is 0 Å². The van der Waals surface area contributed by atoms with Crippen molar-refractivity contribution in [3.63, 3.8) is 0 Å². The molecule has 0 unspecified atom stereocenters. The van der Waals surface area contributed by atoms with Crippen molar-refractivity contribution in [1.29, 1.82) is 0 Å². The smallest absolute Gasteiger partial charge is 0.225 e. The largest absolute Gasteiger partial charge is 0.371 e. The minimum Gasteiger partial charge on any atom is -0.371 e. The van der Waals surface area contributed by atoms with E-state index in [1.54, 1.807) is 0 Å². The molecule has 0 amide bonds. The molecule has 2 aromatic rings. The zero-order valence-electron chi connectivity index (χ0n) is 11.7. The van der Waals surface area contributed by atoms with Gasteiger partial charge in [-0.05, 0) is 28.1 Å². The van der Waals surface area contributed by atoms with E-state index in [4.69, 9.17) is 0 Å². The first-order valence-corrected chi connectivity index (χ1v) is 8.11. The Morgan fingerprint density at radius 1 is 0.857 bits per heavy atom. The normalized spacial score (nSPS) is 24.4. The van der Waals surface area contributed by atoms with Crippen LogP contribution in [0.25, 0.3) is 0 Å². The van der Waals surface area contributed by atoms with Crippen LogP contribution in [0.3, 0.4) is 0 Å². The minimum absolute atomic E-state index is 0.720. The molecule has 0 bridgehead atoms. The molecular weight excluding hydrogens is 328 g/mol. The minimum atomic E-state index is 0.720. The second-order valence-corrected chi connectivity index (χ2v) is 6.78. The molecule has 21 heavy (non-hydrogen) atoms. The highest BCUT2D eigenvalue weighted by Crippen LogP contribution is 2.35. The van der Waals surface area contributed by atoms with Crippen LogP contribution < -0.4 is 9.80 Å². The fraction of sp³-hybridized carbons (Fsp3) is 0.375. The summed E-state index contributed by atoms with van der Waals surface area (Å²) in [5.74, 6) is 2.30. The van der Waals surface area contributed by atoms with Crippen molar-refractivity contribution in [3.05, 3.63) is 47.2 Å². The van der Waals surface area contributed by atoms with Crippen LogP contribution in [0.4, 0.5) is 11.6 Å². The van der Waals surface area contributed by atoms with Crippen molar-refractivity contribution < 1.29 is 0 Å². The zero-order chi connectivity index (χ0) is 14.2. The van der Waals surface area contributed by atoms with Gasteiger partial charge in [0, 0.05) is 56.1 Å². The highest BCUT2D eigenvalue weighted by Gasteiger charge is 2.40. The zero-order valence-corrected chi connectivity index (χ0v) is 13.3. The Morgan fingerprint density at radius 2 is 1.43 bits per heavy atom. The third kappa shape index (κ3) is 2.50. The Balaban J connectivity index is 1.45. The lowest BCUT2D eigenvalue weighted by Gasteiger charge is -2.23. The first-order valence-electron chi connectivity index (χ1n) is 7.32. The van der Waals surface area contributed by atoms with E-state index in [0.717, 1.165) is 48.4 Å².